The molecule has 1 rings (SSSR count). The van der Waals surface area contributed by atoms with Crippen LogP contribution in [-0.2, 0) is 4.74 Å². The van der Waals surface area contributed by atoms with Crippen LogP contribution in [0.1, 0.15) is 39.7 Å². The van der Waals surface area contributed by atoms with Crippen LogP contribution in [0.4, 0.5) is 0 Å². The van der Waals surface area contributed by atoms with Gasteiger partial charge in [-0.05, 0) is 57.0 Å². The van der Waals surface area contributed by atoms with Gasteiger partial charge < -0.3 is 14.7 Å². The van der Waals surface area contributed by atoms with Crippen molar-refractivity contribution in [2.75, 3.05) is 13.2 Å². The third kappa shape index (κ3) is 5.75. The molecule has 0 saturated carbocycles. The molecule has 1 aromatic rings. The number of ether oxygens (including phenoxy) is 2. The average Bonchev–Trinajstić information content (AvgIpc) is 2.37. The second-order valence-corrected chi connectivity index (χ2v) is 5.23. The highest BCUT2D eigenvalue weighted by atomic mass is 16.5. The topological polar surface area (TPSA) is 51.1 Å². The minimum atomic E-state index is -0.138. The van der Waals surface area contributed by atoms with Gasteiger partial charge in [0.05, 0.1) is 17.9 Å². The summed E-state index contributed by atoms with van der Waals surface area (Å²) in [4.78, 5) is 0. The van der Waals surface area contributed by atoms with Gasteiger partial charge in [-0.15, -0.1) is 0 Å². The first-order chi connectivity index (χ1) is 8.96. The molecule has 0 aromatic heterocycles. The normalized spacial score (nSPS) is 12.5. The van der Waals surface area contributed by atoms with Crippen molar-refractivity contribution >= 4 is 5.71 Å². The van der Waals surface area contributed by atoms with Gasteiger partial charge in [0.25, 0.3) is 0 Å². The summed E-state index contributed by atoms with van der Waals surface area (Å²) in [5.74, 6) is 0.787. The quantitative estimate of drug-likeness (QED) is 0.371. The molecule has 106 valence electrons. The maximum absolute atomic E-state index is 8.84. The van der Waals surface area contributed by atoms with E-state index in [1.165, 1.54) is 0 Å². The number of oxime groups is 1. The molecule has 0 saturated heterocycles. The van der Waals surface area contributed by atoms with Gasteiger partial charge >= 0.3 is 0 Å². The van der Waals surface area contributed by atoms with Crippen molar-refractivity contribution in [1.29, 1.82) is 0 Å². The molecule has 0 fully saturated rings. The molecule has 4 nitrogen and oxygen atoms in total. The highest BCUT2D eigenvalue weighted by Gasteiger charge is 2.09. The van der Waals surface area contributed by atoms with Crippen molar-refractivity contribution in [3.63, 3.8) is 0 Å². The zero-order chi connectivity index (χ0) is 14.3. The van der Waals surface area contributed by atoms with Crippen LogP contribution in [0.3, 0.4) is 0 Å². The summed E-state index contributed by atoms with van der Waals surface area (Å²) in [5.41, 5.74) is 1.44. The van der Waals surface area contributed by atoms with E-state index in [2.05, 4.69) is 5.16 Å². The summed E-state index contributed by atoms with van der Waals surface area (Å²) in [6.45, 7) is 9.07. The van der Waals surface area contributed by atoms with Gasteiger partial charge in [-0.1, -0.05) is 12.1 Å². The minimum absolute atomic E-state index is 0.138. The number of nitrogens with zero attached hydrogens (tertiary/aromatic N) is 1. The Labute approximate surface area is 115 Å². The molecule has 0 bridgehead atoms. The molecule has 0 atom stereocenters. The fraction of sp³-hybridized carbons (Fsp3) is 0.533. The Kier molecular flexibility index (Phi) is 5.83. The molecule has 0 aliphatic rings. The maximum atomic E-state index is 8.84. The summed E-state index contributed by atoms with van der Waals surface area (Å²) in [7, 11) is 0. The molecule has 0 unspecified atom stereocenters. The number of hydrogen-bond acceptors (Lipinski definition) is 4. The van der Waals surface area contributed by atoms with Crippen molar-refractivity contribution in [3.8, 4) is 5.75 Å². The Bertz CT molecular complexity index is 404. The number of rotatable bonds is 6. The molecule has 0 spiro atoms. The lowest BCUT2D eigenvalue weighted by molar-refractivity contribution is -0.0163. The Morgan fingerprint density at radius 1 is 1.16 bits per heavy atom. The first-order valence-electron chi connectivity index (χ1n) is 6.54. The molecule has 4 heteroatoms. The SMILES string of the molecule is CC/C(=N/O)c1ccc(OCCOC(C)(C)C)cc1. The second kappa shape index (κ2) is 7.14. The van der Waals surface area contributed by atoms with E-state index in [1.54, 1.807) is 0 Å². The van der Waals surface area contributed by atoms with Crippen LogP contribution in [0.25, 0.3) is 0 Å². The molecule has 0 aliphatic carbocycles. The lowest BCUT2D eigenvalue weighted by atomic mass is 10.1. The zero-order valence-corrected chi connectivity index (χ0v) is 12.1. The summed E-state index contributed by atoms with van der Waals surface area (Å²) in [6, 6.07) is 7.51. The van der Waals surface area contributed by atoms with E-state index in [4.69, 9.17) is 14.7 Å². The van der Waals surface area contributed by atoms with Crippen LogP contribution < -0.4 is 4.74 Å². The van der Waals surface area contributed by atoms with Crippen LogP contribution in [0.2, 0.25) is 0 Å². The Hall–Kier alpha value is -1.55. The molecule has 0 aliphatic heterocycles. The largest absolute Gasteiger partial charge is 0.491 e. The van der Waals surface area contributed by atoms with Gasteiger partial charge in [-0.2, -0.15) is 0 Å². The average molecular weight is 265 g/mol. The van der Waals surface area contributed by atoms with Gasteiger partial charge in [-0.25, -0.2) is 0 Å². The fourth-order valence-electron chi connectivity index (χ4n) is 1.58. The van der Waals surface area contributed by atoms with Crippen molar-refractivity contribution < 1.29 is 14.7 Å². The molecule has 0 heterocycles. The van der Waals surface area contributed by atoms with E-state index in [0.717, 1.165) is 11.3 Å². The summed E-state index contributed by atoms with van der Waals surface area (Å²) >= 11 is 0. The van der Waals surface area contributed by atoms with E-state index in [0.29, 0.717) is 25.3 Å². The third-order valence-corrected chi connectivity index (χ3v) is 2.53. The number of hydrogen-bond donors (Lipinski definition) is 1. The van der Waals surface area contributed by atoms with E-state index < -0.39 is 0 Å². The van der Waals surface area contributed by atoms with Gasteiger partial charge in [0.1, 0.15) is 12.4 Å². The van der Waals surface area contributed by atoms with Gasteiger partial charge in [0.15, 0.2) is 0 Å². The first kappa shape index (κ1) is 15.5. The van der Waals surface area contributed by atoms with E-state index >= 15 is 0 Å². The van der Waals surface area contributed by atoms with Gasteiger partial charge in [0, 0.05) is 0 Å². The maximum Gasteiger partial charge on any atom is 0.119 e. The summed E-state index contributed by atoms with van der Waals surface area (Å²) in [6.07, 6.45) is 0.691. The predicted octanol–water partition coefficient (Wildman–Crippen LogP) is 3.47. The Balaban J connectivity index is 2.45. The lowest BCUT2D eigenvalue weighted by Gasteiger charge is -2.19. The molecular weight excluding hydrogens is 242 g/mol. The van der Waals surface area contributed by atoms with Gasteiger partial charge in [0.2, 0.25) is 0 Å². The van der Waals surface area contributed by atoms with Crippen LogP contribution in [-0.4, -0.2) is 29.7 Å². The monoisotopic (exact) mass is 265 g/mol. The molecule has 1 N–H and O–H groups in total. The smallest absolute Gasteiger partial charge is 0.119 e. The Morgan fingerprint density at radius 2 is 1.79 bits per heavy atom. The van der Waals surface area contributed by atoms with E-state index in [1.807, 2.05) is 52.0 Å². The fourth-order valence-corrected chi connectivity index (χ4v) is 1.58. The van der Waals surface area contributed by atoms with Crippen molar-refractivity contribution in [3.05, 3.63) is 29.8 Å². The van der Waals surface area contributed by atoms with Crippen LogP contribution in [0, 0.1) is 0 Å². The summed E-state index contributed by atoms with van der Waals surface area (Å²) in [5, 5.41) is 12.1. The highest BCUT2D eigenvalue weighted by Crippen LogP contribution is 2.14. The van der Waals surface area contributed by atoms with Crippen LogP contribution in [0.15, 0.2) is 29.4 Å². The summed E-state index contributed by atoms with van der Waals surface area (Å²) < 4.78 is 11.1. The van der Waals surface area contributed by atoms with E-state index in [9.17, 15) is 0 Å². The molecule has 19 heavy (non-hydrogen) atoms. The predicted molar refractivity (Wildman–Crippen MR) is 76.3 cm³/mol. The van der Waals surface area contributed by atoms with Crippen molar-refractivity contribution in [2.24, 2.45) is 5.16 Å². The lowest BCUT2D eigenvalue weighted by Crippen LogP contribution is -2.22. The zero-order valence-electron chi connectivity index (χ0n) is 12.1. The second-order valence-electron chi connectivity index (χ2n) is 5.23. The molecular formula is C15H23NO3. The van der Waals surface area contributed by atoms with Crippen molar-refractivity contribution in [1.82, 2.24) is 0 Å². The van der Waals surface area contributed by atoms with Crippen LogP contribution in [0.5, 0.6) is 5.75 Å². The van der Waals surface area contributed by atoms with Crippen molar-refractivity contribution in [2.45, 2.75) is 39.7 Å². The first-order valence-corrected chi connectivity index (χ1v) is 6.54. The van der Waals surface area contributed by atoms with Gasteiger partial charge in [-0.3, -0.25) is 0 Å². The Morgan fingerprint density at radius 3 is 2.26 bits per heavy atom. The van der Waals surface area contributed by atoms with Crippen LogP contribution >= 0.6 is 0 Å². The van der Waals surface area contributed by atoms with E-state index in [-0.39, 0.29) is 5.60 Å². The minimum Gasteiger partial charge on any atom is -0.491 e. The molecule has 0 amide bonds. The highest BCUT2D eigenvalue weighted by molar-refractivity contribution is 6.00. The third-order valence-electron chi connectivity index (χ3n) is 2.53. The molecule has 1 aromatic carbocycles. The number of benzene rings is 1. The standard InChI is InChI=1S/C15H23NO3/c1-5-14(16-17)12-6-8-13(9-7-12)18-10-11-19-15(2,3)4/h6-9,17H,5,10-11H2,1-4H3/b16-14-. The molecule has 0 radical (unpaired) electrons.